The number of aliphatic hydroxyl groups is 1. The Balaban J connectivity index is 2.22. The van der Waals surface area contributed by atoms with E-state index in [0.29, 0.717) is 6.42 Å². The Kier molecular flexibility index (Phi) is 3.80. The Morgan fingerprint density at radius 2 is 2.00 bits per heavy atom. The van der Waals surface area contributed by atoms with Crippen LogP contribution >= 0.6 is 0 Å². The summed E-state index contributed by atoms with van der Waals surface area (Å²) in [5.41, 5.74) is 0.812. The van der Waals surface area contributed by atoms with Crippen LogP contribution in [0.5, 0.6) is 0 Å². The average Bonchev–Trinajstić information content (AvgIpc) is 2.66. The van der Waals surface area contributed by atoms with Gasteiger partial charge in [-0.05, 0) is 18.6 Å². The first-order valence-corrected chi connectivity index (χ1v) is 6.08. The molecular weight excluding hydrogens is 242 g/mol. The molecule has 1 aromatic rings. The monoisotopic (exact) mass is 257 g/mol. The van der Waals surface area contributed by atoms with E-state index in [1.165, 1.54) is 6.08 Å². The highest BCUT2D eigenvalue weighted by Crippen LogP contribution is 2.17. The number of aliphatic hydroxyl groups excluding tert-OH is 1. The van der Waals surface area contributed by atoms with Gasteiger partial charge in [0.15, 0.2) is 5.78 Å². The average molecular weight is 257 g/mol. The highest BCUT2D eigenvalue weighted by molar-refractivity contribution is 6.27. The molecule has 2 rings (SSSR count). The second kappa shape index (κ2) is 5.52. The molecular formula is C15H15NO3. The van der Waals surface area contributed by atoms with Crippen molar-refractivity contribution in [2.75, 3.05) is 0 Å². The third kappa shape index (κ3) is 2.73. The molecule has 0 saturated carbocycles. The van der Waals surface area contributed by atoms with Crippen molar-refractivity contribution in [1.29, 1.82) is 0 Å². The first-order valence-electron chi connectivity index (χ1n) is 6.08. The van der Waals surface area contributed by atoms with Gasteiger partial charge in [-0.15, -0.1) is 0 Å². The first kappa shape index (κ1) is 13.1. The van der Waals surface area contributed by atoms with Crippen molar-refractivity contribution in [3.63, 3.8) is 0 Å². The van der Waals surface area contributed by atoms with Gasteiger partial charge in [-0.2, -0.15) is 0 Å². The van der Waals surface area contributed by atoms with E-state index in [-0.39, 0.29) is 17.1 Å². The number of nitrogens with one attached hydrogen (secondary N) is 1. The van der Waals surface area contributed by atoms with Gasteiger partial charge < -0.3 is 10.4 Å². The molecule has 0 spiro atoms. The molecule has 1 atom stereocenters. The minimum atomic E-state index is -0.600. The number of amides is 1. The largest absolute Gasteiger partial charge is 0.507 e. The van der Waals surface area contributed by atoms with Crippen LogP contribution in [0.4, 0.5) is 0 Å². The molecule has 98 valence electrons. The fraction of sp³-hybridized carbons (Fsp3) is 0.200. The van der Waals surface area contributed by atoms with Crippen molar-refractivity contribution in [3.05, 3.63) is 59.4 Å². The van der Waals surface area contributed by atoms with Gasteiger partial charge in [-0.3, -0.25) is 9.59 Å². The molecule has 1 aromatic carbocycles. The summed E-state index contributed by atoms with van der Waals surface area (Å²) >= 11 is 0. The maximum Gasteiger partial charge on any atom is 0.259 e. The van der Waals surface area contributed by atoms with Gasteiger partial charge in [0, 0.05) is 6.42 Å². The number of Topliss-reactive ketones (excluding diaryl/α,β-unsaturated/α-hetero) is 1. The standard InChI is InChI=1S/C15H15NO3/c1-2-6-12(17)13-14(18)11(16-15(13)19)9-10-7-4-3-5-8-10/h2-8,11,17H,9H2,1H3,(H,16,19)/b6-2+,13-12+. The molecule has 1 heterocycles. The van der Waals surface area contributed by atoms with E-state index >= 15 is 0 Å². The highest BCUT2D eigenvalue weighted by Gasteiger charge is 2.37. The smallest absolute Gasteiger partial charge is 0.259 e. The fourth-order valence-corrected chi connectivity index (χ4v) is 2.06. The molecule has 2 N–H and O–H groups in total. The molecule has 0 aliphatic carbocycles. The van der Waals surface area contributed by atoms with E-state index in [1.807, 2.05) is 30.3 Å². The van der Waals surface area contributed by atoms with Gasteiger partial charge in [0.05, 0.1) is 6.04 Å². The predicted molar refractivity (Wildman–Crippen MR) is 71.6 cm³/mol. The number of rotatable bonds is 3. The number of benzene rings is 1. The molecule has 4 heteroatoms. The zero-order valence-corrected chi connectivity index (χ0v) is 10.6. The van der Waals surface area contributed by atoms with Gasteiger partial charge >= 0.3 is 0 Å². The summed E-state index contributed by atoms with van der Waals surface area (Å²) in [5.74, 6) is -1.15. The van der Waals surface area contributed by atoms with Gasteiger partial charge in [-0.1, -0.05) is 36.4 Å². The maximum absolute atomic E-state index is 12.1. The van der Waals surface area contributed by atoms with Crippen LogP contribution in [0.2, 0.25) is 0 Å². The minimum absolute atomic E-state index is 0.154. The van der Waals surface area contributed by atoms with Crippen LogP contribution in [0.3, 0.4) is 0 Å². The van der Waals surface area contributed by atoms with E-state index in [1.54, 1.807) is 13.0 Å². The Morgan fingerprint density at radius 3 is 2.63 bits per heavy atom. The molecule has 4 nitrogen and oxygen atoms in total. The van der Waals surface area contributed by atoms with Crippen LogP contribution < -0.4 is 5.32 Å². The Bertz CT molecular complexity index is 558. The first-order chi connectivity index (χ1) is 9.13. The van der Waals surface area contributed by atoms with Gasteiger partial charge in [0.1, 0.15) is 11.3 Å². The van der Waals surface area contributed by atoms with Crippen LogP contribution in [0.15, 0.2) is 53.8 Å². The normalized spacial score (nSPS) is 21.8. The highest BCUT2D eigenvalue weighted by atomic mass is 16.3. The van der Waals surface area contributed by atoms with Crippen molar-refractivity contribution < 1.29 is 14.7 Å². The van der Waals surface area contributed by atoms with Crippen molar-refractivity contribution in [3.8, 4) is 0 Å². The second-order valence-electron chi connectivity index (χ2n) is 4.34. The number of allylic oxidation sites excluding steroid dienone is 2. The molecule has 0 aromatic heterocycles. The Morgan fingerprint density at radius 1 is 1.32 bits per heavy atom. The third-order valence-corrected chi connectivity index (χ3v) is 2.96. The summed E-state index contributed by atoms with van der Waals surface area (Å²) in [6, 6.07) is 8.84. The molecule has 0 radical (unpaired) electrons. The number of hydrogen-bond donors (Lipinski definition) is 2. The molecule has 1 aliphatic heterocycles. The summed E-state index contributed by atoms with van der Waals surface area (Å²) in [6.45, 7) is 1.70. The molecule has 1 fully saturated rings. The lowest BCUT2D eigenvalue weighted by atomic mass is 10.0. The SMILES string of the molecule is C/C=C/C(O)=C1\C(=O)NC(Cc2ccccc2)C1=O. The number of hydrogen-bond acceptors (Lipinski definition) is 3. The van der Waals surface area contributed by atoms with Gasteiger partial charge in [0.25, 0.3) is 5.91 Å². The van der Waals surface area contributed by atoms with Crippen LogP contribution in [0.1, 0.15) is 12.5 Å². The topological polar surface area (TPSA) is 66.4 Å². The van der Waals surface area contributed by atoms with Crippen LogP contribution in [0.25, 0.3) is 0 Å². The van der Waals surface area contributed by atoms with Crippen LogP contribution in [-0.4, -0.2) is 22.8 Å². The third-order valence-electron chi connectivity index (χ3n) is 2.96. The number of carbonyl (C=O) groups is 2. The quantitative estimate of drug-likeness (QED) is 0.492. The van der Waals surface area contributed by atoms with E-state index in [9.17, 15) is 14.7 Å². The molecule has 1 aliphatic rings. The summed E-state index contributed by atoms with van der Waals surface area (Å²) in [7, 11) is 0. The lowest BCUT2D eigenvalue weighted by molar-refractivity contribution is -0.117. The minimum Gasteiger partial charge on any atom is -0.507 e. The summed E-state index contributed by atoms with van der Waals surface area (Å²) < 4.78 is 0. The summed E-state index contributed by atoms with van der Waals surface area (Å²) in [6.07, 6.45) is 3.35. The lowest BCUT2D eigenvalue weighted by Crippen LogP contribution is -2.31. The van der Waals surface area contributed by atoms with Crippen molar-refractivity contribution in [1.82, 2.24) is 5.32 Å². The van der Waals surface area contributed by atoms with E-state index in [0.717, 1.165) is 5.56 Å². The molecule has 1 saturated heterocycles. The summed E-state index contributed by atoms with van der Waals surface area (Å²) in [5, 5.41) is 12.3. The van der Waals surface area contributed by atoms with Crippen molar-refractivity contribution in [2.45, 2.75) is 19.4 Å². The van der Waals surface area contributed by atoms with E-state index < -0.39 is 11.9 Å². The number of ketones is 1. The number of carbonyl (C=O) groups excluding carboxylic acids is 2. The van der Waals surface area contributed by atoms with Crippen molar-refractivity contribution in [2.24, 2.45) is 0 Å². The zero-order chi connectivity index (χ0) is 13.8. The Hall–Kier alpha value is -2.36. The predicted octanol–water partition coefficient (Wildman–Crippen LogP) is 1.68. The molecule has 1 amide bonds. The van der Waals surface area contributed by atoms with Crippen LogP contribution in [-0.2, 0) is 16.0 Å². The van der Waals surface area contributed by atoms with Crippen molar-refractivity contribution >= 4 is 11.7 Å². The zero-order valence-electron chi connectivity index (χ0n) is 10.6. The molecule has 1 unspecified atom stereocenters. The summed E-state index contributed by atoms with van der Waals surface area (Å²) in [4.78, 5) is 23.8. The molecule has 0 bridgehead atoms. The van der Waals surface area contributed by atoms with Gasteiger partial charge in [0.2, 0.25) is 0 Å². The van der Waals surface area contributed by atoms with E-state index in [2.05, 4.69) is 5.32 Å². The van der Waals surface area contributed by atoms with Crippen LogP contribution in [0, 0.1) is 0 Å². The Labute approximate surface area is 111 Å². The van der Waals surface area contributed by atoms with E-state index in [4.69, 9.17) is 0 Å². The maximum atomic E-state index is 12.1. The van der Waals surface area contributed by atoms with Gasteiger partial charge in [-0.25, -0.2) is 0 Å². The molecule has 19 heavy (non-hydrogen) atoms. The lowest BCUT2D eigenvalue weighted by Gasteiger charge is -2.07. The second-order valence-corrected chi connectivity index (χ2v) is 4.34. The fourth-order valence-electron chi connectivity index (χ4n) is 2.06.